The Morgan fingerprint density at radius 1 is 1.26 bits per heavy atom. The number of hydrogen-bond donors (Lipinski definition) is 0. The molecule has 1 aromatic rings. The molecule has 1 heterocycles. The second kappa shape index (κ2) is 7.11. The summed E-state index contributed by atoms with van der Waals surface area (Å²) < 4.78 is 0.961. The quantitative estimate of drug-likeness (QED) is 0.562. The fourth-order valence-corrected chi connectivity index (χ4v) is 2.86. The number of hydrogen-bond acceptors (Lipinski definition) is 2. The van der Waals surface area contributed by atoms with Crippen molar-refractivity contribution in [3.8, 4) is 0 Å². The maximum Gasteiger partial charge on any atom is 0.253 e. The number of nitrogens with zero attached hydrogens (tertiary/aromatic N) is 2. The van der Waals surface area contributed by atoms with Crippen molar-refractivity contribution in [1.82, 2.24) is 9.80 Å². The van der Waals surface area contributed by atoms with Crippen molar-refractivity contribution in [3.05, 3.63) is 32.4 Å². The van der Waals surface area contributed by atoms with E-state index in [1.54, 1.807) is 6.07 Å². The van der Waals surface area contributed by atoms with Crippen LogP contribution in [0.4, 0.5) is 0 Å². The summed E-state index contributed by atoms with van der Waals surface area (Å²) in [6, 6.07) is 5.46. The number of benzene rings is 1. The molecule has 1 aliphatic heterocycles. The van der Waals surface area contributed by atoms with Crippen LogP contribution in [0.5, 0.6) is 0 Å². The summed E-state index contributed by atoms with van der Waals surface area (Å²) in [5.41, 5.74) is 0.663. The van der Waals surface area contributed by atoms with Crippen LogP contribution in [0, 0.1) is 3.57 Å². The highest BCUT2D eigenvalue weighted by Crippen LogP contribution is 2.20. The lowest BCUT2D eigenvalue weighted by atomic mass is 10.2. The Hall–Kier alpha value is -0.0400. The highest BCUT2D eigenvalue weighted by molar-refractivity contribution is 14.1. The molecule has 1 fully saturated rings. The van der Waals surface area contributed by atoms with E-state index in [0.29, 0.717) is 16.5 Å². The van der Waals surface area contributed by atoms with Gasteiger partial charge in [0.2, 0.25) is 0 Å². The molecular weight excluding hydrogens is 398 g/mol. The van der Waals surface area contributed by atoms with Gasteiger partial charge in [-0.1, -0.05) is 11.6 Å². The summed E-state index contributed by atoms with van der Waals surface area (Å²) in [5.74, 6) is 0.699. The van der Waals surface area contributed by atoms with Crippen LogP contribution in [0.1, 0.15) is 10.4 Å². The van der Waals surface area contributed by atoms with Crippen LogP contribution >= 0.6 is 45.8 Å². The molecule has 0 radical (unpaired) electrons. The summed E-state index contributed by atoms with van der Waals surface area (Å²) in [6.45, 7) is 4.16. The minimum atomic E-state index is 0.0591. The van der Waals surface area contributed by atoms with Crippen LogP contribution in [0.25, 0.3) is 0 Å². The van der Waals surface area contributed by atoms with Gasteiger partial charge in [-0.25, -0.2) is 0 Å². The van der Waals surface area contributed by atoms with E-state index in [0.717, 1.165) is 36.3 Å². The largest absolute Gasteiger partial charge is 0.336 e. The maximum atomic E-state index is 12.3. The second-order valence-electron chi connectivity index (χ2n) is 4.45. The Morgan fingerprint density at radius 2 is 1.95 bits per heavy atom. The number of amides is 1. The van der Waals surface area contributed by atoms with E-state index in [1.165, 1.54) is 0 Å². The average molecular weight is 413 g/mol. The molecule has 0 N–H and O–H groups in total. The minimum absolute atomic E-state index is 0.0591. The molecule has 1 saturated heterocycles. The van der Waals surface area contributed by atoms with Crippen LogP contribution in [-0.4, -0.2) is 54.3 Å². The molecule has 0 spiro atoms. The van der Waals surface area contributed by atoms with Crippen molar-refractivity contribution >= 4 is 51.7 Å². The van der Waals surface area contributed by atoms with Gasteiger partial charge < -0.3 is 4.90 Å². The van der Waals surface area contributed by atoms with Crippen LogP contribution in [0.2, 0.25) is 5.02 Å². The second-order valence-corrected chi connectivity index (χ2v) is 6.40. The Kier molecular flexibility index (Phi) is 5.74. The van der Waals surface area contributed by atoms with Crippen LogP contribution in [0.3, 0.4) is 0 Å². The van der Waals surface area contributed by atoms with E-state index in [9.17, 15) is 4.79 Å². The normalized spacial score (nSPS) is 16.7. The van der Waals surface area contributed by atoms with Crippen molar-refractivity contribution in [2.24, 2.45) is 0 Å². The van der Waals surface area contributed by atoms with Gasteiger partial charge in [0.15, 0.2) is 0 Å². The third-order valence-electron chi connectivity index (χ3n) is 3.23. The first kappa shape index (κ1) is 15.4. The van der Waals surface area contributed by atoms with E-state index >= 15 is 0 Å². The molecule has 0 bridgehead atoms. The van der Waals surface area contributed by atoms with E-state index in [-0.39, 0.29) is 5.91 Å². The number of carbonyl (C=O) groups excluding carboxylic acids is 1. The van der Waals surface area contributed by atoms with Crippen molar-refractivity contribution in [1.29, 1.82) is 0 Å². The fourth-order valence-electron chi connectivity index (χ4n) is 2.11. The summed E-state index contributed by atoms with van der Waals surface area (Å²) in [7, 11) is 0. The molecule has 3 nitrogen and oxygen atoms in total. The van der Waals surface area contributed by atoms with E-state index in [4.69, 9.17) is 23.2 Å². The SMILES string of the molecule is O=C(c1ccc(I)c(Cl)c1)N1CCN(CCCl)CC1. The Balaban J connectivity index is 1.99. The van der Waals surface area contributed by atoms with Crippen molar-refractivity contribution in [3.63, 3.8) is 0 Å². The molecule has 0 aromatic heterocycles. The zero-order valence-corrected chi connectivity index (χ0v) is 14.1. The highest BCUT2D eigenvalue weighted by atomic mass is 127. The third kappa shape index (κ3) is 3.97. The fraction of sp³-hybridized carbons (Fsp3) is 0.462. The molecule has 0 unspecified atom stereocenters. The lowest BCUT2D eigenvalue weighted by molar-refractivity contribution is 0.0644. The molecule has 1 aliphatic rings. The van der Waals surface area contributed by atoms with Crippen molar-refractivity contribution in [2.75, 3.05) is 38.6 Å². The first-order valence-electron chi connectivity index (χ1n) is 6.14. The number of alkyl halides is 1. The van der Waals surface area contributed by atoms with Crippen LogP contribution in [0.15, 0.2) is 18.2 Å². The topological polar surface area (TPSA) is 23.6 Å². The lowest BCUT2D eigenvalue weighted by Gasteiger charge is -2.34. The standard InChI is InChI=1S/C13H15Cl2IN2O/c14-3-4-17-5-7-18(8-6-17)13(19)10-1-2-12(16)11(15)9-10/h1-2,9H,3-8H2. The van der Waals surface area contributed by atoms with E-state index in [2.05, 4.69) is 27.5 Å². The van der Waals surface area contributed by atoms with Crippen molar-refractivity contribution in [2.45, 2.75) is 0 Å². The molecule has 0 aliphatic carbocycles. The molecule has 6 heteroatoms. The zero-order valence-electron chi connectivity index (χ0n) is 10.4. The zero-order chi connectivity index (χ0) is 13.8. The molecule has 104 valence electrons. The van der Waals surface area contributed by atoms with Crippen molar-refractivity contribution < 1.29 is 4.79 Å². The smallest absolute Gasteiger partial charge is 0.253 e. The van der Waals surface area contributed by atoms with Gasteiger partial charge in [0.05, 0.1) is 5.02 Å². The van der Waals surface area contributed by atoms with Gasteiger partial charge in [-0.2, -0.15) is 0 Å². The number of piperazine rings is 1. The summed E-state index contributed by atoms with van der Waals surface area (Å²) >= 11 is 13.9. The van der Waals surface area contributed by atoms with E-state index < -0.39 is 0 Å². The molecular formula is C13H15Cl2IN2O. The molecule has 0 saturated carbocycles. The number of halogens is 3. The van der Waals surface area contributed by atoms with Gasteiger partial charge in [0.25, 0.3) is 5.91 Å². The van der Waals surface area contributed by atoms with Crippen LogP contribution in [-0.2, 0) is 0 Å². The van der Waals surface area contributed by atoms with Gasteiger partial charge in [-0.3, -0.25) is 9.69 Å². The molecule has 1 amide bonds. The monoisotopic (exact) mass is 412 g/mol. The first-order chi connectivity index (χ1) is 9.11. The molecule has 1 aromatic carbocycles. The summed E-state index contributed by atoms with van der Waals surface area (Å²) in [6.07, 6.45) is 0. The first-order valence-corrected chi connectivity index (χ1v) is 8.13. The van der Waals surface area contributed by atoms with E-state index in [1.807, 2.05) is 17.0 Å². The lowest BCUT2D eigenvalue weighted by Crippen LogP contribution is -2.49. The molecule has 0 atom stereocenters. The average Bonchev–Trinajstić information content (AvgIpc) is 2.42. The molecule has 19 heavy (non-hydrogen) atoms. The Labute approximate surface area is 137 Å². The Bertz CT molecular complexity index is 462. The number of carbonyl (C=O) groups is 1. The van der Waals surface area contributed by atoms with Gasteiger partial charge >= 0.3 is 0 Å². The van der Waals surface area contributed by atoms with Crippen LogP contribution < -0.4 is 0 Å². The summed E-state index contributed by atoms with van der Waals surface area (Å²) in [4.78, 5) is 16.5. The predicted octanol–water partition coefficient (Wildman–Crippen LogP) is 2.94. The van der Waals surface area contributed by atoms with Gasteiger partial charge in [-0.05, 0) is 40.8 Å². The maximum absolute atomic E-state index is 12.3. The Morgan fingerprint density at radius 3 is 2.53 bits per heavy atom. The third-order valence-corrected chi connectivity index (χ3v) is 4.97. The van der Waals surface area contributed by atoms with Gasteiger partial charge in [0, 0.05) is 47.7 Å². The van der Waals surface area contributed by atoms with Gasteiger partial charge in [-0.15, -0.1) is 11.6 Å². The predicted molar refractivity (Wildman–Crippen MR) is 87.2 cm³/mol. The molecule has 2 rings (SSSR count). The number of rotatable bonds is 3. The van der Waals surface area contributed by atoms with Gasteiger partial charge in [0.1, 0.15) is 0 Å². The summed E-state index contributed by atoms with van der Waals surface area (Å²) in [5, 5.41) is 0.632. The minimum Gasteiger partial charge on any atom is -0.336 e. The highest BCUT2D eigenvalue weighted by Gasteiger charge is 2.22.